The summed E-state index contributed by atoms with van der Waals surface area (Å²) < 4.78 is 17.1. The molecule has 0 bridgehead atoms. The quantitative estimate of drug-likeness (QED) is 0.0264. The van der Waals surface area contributed by atoms with E-state index in [-0.39, 0.29) is 43.1 Å². The molecule has 0 heterocycles. The van der Waals surface area contributed by atoms with Crippen molar-refractivity contribution < 1.29 is 38.2 Å². The lowest BCUT2D eigenvalue weighted by molar-refractivity contribution is -0.889. The smallest absolute Gasteiger partial charge is 0.306 e. The molecule has 0 aliphatic heterocycles. The minimum absolute atomic E-state index is 0.0131. The summed E-state index contributed by atoms with van der Waals surface area (Å²) in [5, 5.41) is 11.6. The highest BCUT2D eigenvalue weighted by Gasteiger charge is 2.25. The average molecular weight is 788 g/mol. The van der Waals surface area contributed by atoms with Crippen LogP contribution in [0.15, 0.2) is 48.6 Å². The van der Waals surface area contributed by atoms with Crippen LogP contribution in [0.3, 0.4) is 0 Å². The maximum Gasteiger partial charge on any atom is 0.306 e. The van der Waals surface area contributed by atoms with Gasteiger partial charge in [-0.05, 0) is 38.5 Å². The number of carboxylic acids is 1. The summed E-state index contributed by atoms with van der Waals surface area (Å²) in [6.07, 6.45) is 45.9. The molecule has 0 saturated carbocycles. The van der Waals surface area contributed by atoms with Crippen molar-refractivity contribution in [2.24, 2.45) is 0 Å². The molecule has 0 N–H and O–H groups in total. The summed E-state index contributed by atoms with van der Waals surface area (Å²) in [6, 6.07) is -0.737. The summed E-state index contributed by atoms with van der Waals surface area (Å²) in [6.45, 7) is 4.48. The van der Waals surface area contributed by atoms with Gasteiger partial charge in [0, 0.05) is 19.3 Å². The predicted molar refractivity (Wildman–Crippen MR) is 231 cm³/mol. The van der Waals surface area contributed by atoms with Crippen LogP contribution in [0.4, 0.5) is 0 Å². The van der Waals surface area contributed by atoms with Gasteiger partial charge in [0.2, 0.25) is 0 Å². The van der Waals surface area contributed by atoms with Gasteiger partial charge in [-0.25, -0.2) is 0 Å². The standard InChI is InChI=1S/C48H85NO7/c1-6-8-10-12-14-16-18-20-21-22-23-24-25-27-28-30-32-34-36-38-46(50)55-43-44(42-54-41-40-45(48(52)53)49(3,4)5)56-47(51)39-37-35-33-31-29-26-19-17-15-13-11-9-7-2/h9,11,15,17,26,29,33,35,44-45H,6-8,10,12-14,16,18-25,27-28,30-32,34,36-43H2,1-5H3/b11-9-,17-15-,29-26-,35-33-. The van der Waals surface area contributed by atoms with Gasteiger partial charge < -0.3 is 28.6 Å². The number of hydrogen-bond acceptors (Lipinski definition) is 7. The van der Waals surface area contributed by atoms with Crippen LogP contribution in [0, 0.1) is 0 Å². The fourth-order valence-electron chi connectivity index (χ4n) is 6.50. The summed E-state index contributed by atoms with van der Waals surface area (Å²) in [7, 11) is 5.38. The number of rotatable bonds is 40. The van der Waals surface area contributed by atoms with E-state index in [0.29, 0.717) is 12.8 Å². The highest BCUT2D eigenvalue weighted by Crippen LogP contribution is 2.15. The third-order valence-corrected chi connectivity index (χ3v) is 9.99. The molecule has 0 aliphatic rings. The van der Waals surface area contributed by atoms with E-state index in [0.717, 1.165) is 44.9 Å². The second-order valence-corrected chi connectivity index (χ2v) is 16.3. The number of likely N-dealkylation sites (N-methyl/N-ethyl adjacent to an activating group) is 1. The Kier molecular flexibility index (Phi) is 37.2. The normalized spacial score (nSPS) is 13.4. The van der Waals surface area contributed by atoms with Gasteiger partial charge in [-0.3, -0.25) is 9.59 Å². The number of quaternary nitrogens is 1. The van der Waals surface area contributed by atoms with Crippen LogP contribution < -0.4 is 5.11 Å². The zero-order valence-electron chi connectivity index (χ0n) is 36.8. The lowest BCUT2D eigenvalue weighted by Gasteiger charge is -2.34. The van der Waals surface area contributed by atoms with E-state index in [2.05, 4.69) is 50.3 Å². The van der Waals surface area contributed by atoms with Gasteiger partial charge in [0.25, 0.3) is 0 Å². The minimum atomic E-state index is -1.14. The molecular weight excluding hydrogens is 703 g/mol. The van der Waals surface area contributed by atoms with Gasteiger partial charge in [0.15, 0.2) is 6.10 Å². The second-order valence-electron chi connectivity index (χ2n) is 16.3. The number of unbranched alkanes of at least 4 members (excludes halogenated alkanes) is 18. The molecule has 0 radical (unpaired) electrons. The maximum absolute atomic E-state index is 12.7. The van der Waals surface area contributed by atoms with Crippen LogP contribution in [0.2, 0.25) is 0 Å². The monoisotopic (exact) mass is 788 g/mol. The number of aliphatic carboxylic acids is 1. The van der Waals surface area contributed by atoms with E-state index < -0.39 is 24.1 Å². The second kappa shape index (κ2) is 39.1. The van der Waals surface area contributed by atoms with E-state index in [1.54, 1.807) is 21.1 Å². The first-order valence-corrected chi connectivity index (χ1v) is 22.7. The Bertz CT molecular complexity index is 1060. The van der Waals surface area contributed by atoms with Crippen LogP contribution in [-0.4, -0.2) is 75.5 Å². The summed E-state index contributed by atoms with van der Waals surface area (Å²) in [4.78, 5) is 36.8. The first kappa shape index (κ1) is 53.3. The number of esters is 2. The zero-order valence-corrected chi connectivity index (χ0v) is 36.8. The molecule has 0 aromatic carbocycles. The van der Waals surface area contributed by atoms with Crippen molar-refractivity contribution in [3.63, 3.8) is 0 Å². The Morgan fingerprint density at radius 1 is 0.554 bits per heavy atom. The van der Waals surface area contributed by atoms with Crippen molar-refractivity contribution in [1.82, 2.24) is 0 Å². The molecule has 2 unspecified atom stereocenters. The van der Waals surface area contributed by atoms with Crippen LogP contribution in [0.5, 0.6) is 0 Å². The Labute approximate surface area is 344 Å². The Morgan fingerprint density at radius 3 is 1.45 bits per heavy atom. The van der Waals surface area contributed by atoms with Gasteiger partial charge in [-0.2, -0.15) is 0 Å². The van der Waals surface area contributed by atoms with Crippen LogP contribution in [0.25, 0.3) is 0 Å². The molecule has 0 fully saturated rings. The molecule has 0 amide bonds. The third-order valence-electron chi connectivity index (χ3n) is 9.99. The number of nitrogens with zero attached hydrogens (tertiary/aromatic N) is 1. The Morgan fingerprint density at radius 2 is 1.00 bits per heavy atom. The van der Waals surface area contributed by atoms with E-state index in [9.17, 15) is 19.5 Å². The molecule has 0 saturated heterocycles. The van der Waals surface area contributed by atoms with E-state index in [1.807, 2.05) is 12.2 Å². The largest absolute Gasteiger partial charge is 0.544 e. The van der Waals surface area contributed by atoms with Crippen molar-refractivity contribution in [3.8, 4) is 0 Å². The molecule has 0 rings (SSSR count). The lowest BCUT2D eigenvalue weighted by Crippen LogP contribution is -2.55. The fraction of sp³-hybridized carbons (Fsp3) is 0.771. The van der Waals surface area contributed by atoms with E-state index in [4.69, 9.17) is 14.2 Å². The highest BCUT2D eigenvalue weighted by molar-refractivity contribution is 5.70. The number of carboxylic acid groups (broad SMARTS) is 1. The lowest BCUT2D eigenvalue weighted by atomic mass is 10.0. The van der Waals surface area contributed by atoms with Gasteiger partial charge in [-0.1, -0.05) is 178 Å². The van der Waals surface area contributed by atoms with Crippen LogP contribution in [-0.2, 0) is 28.6 Å². The molecular formula is C48H85NO7. The molecule has 324 valence electrons. The molecule has 56 heavy (non-hydrogen) atoms. The van der Waals surface area contributed by atoms with Gasteiger partial charge >= 0.3 is 11.9 Å². The Hall–Kier alpha value is -2.71. The number of carbonyl (C=O) groups excluding carboxylic acids is 3. The van der Waals surface area contributed by atoms with E-state index in [1.165, 1.54) is 103 Å². The number of hydrogen-bond donors (Lipinski definition) is 0. The van der Waals surface area contributed by atoms with Crippen molar-refractivity contribution in [1.29, 1.82) is 0 Å². The van der Waals surface area contributed by atoms with E-state index >= 15 is 0 Å². The molecule has 0 spiro atoms. The number of ether oxygens (including phenoxy) is 3. The predicted octanol–water partition coefficient (Wildman–Crippen LogP) is 11.1. The molecule has 8 nitrogen and oxygen atoms in total. The fourth-order valence-corrected chi connectivity index (χ4v) is 6.50. The maximum atomic E-state index is 12.7. The molecule has 8 heteroatoms. The first-order chi connectivity index (χ1) is 27.1. The third kappa shape index (κ3) is 36.9. The van der Waals surface area contributed by atoms with Gasteiger partial charge in [0.1, 0.15) is 12.6 Å². The zero-order chi connectivity index (χ0) is 41.4. The average Bonchev–Trinajstić information content (AvgIpc) is 3.15. The summed E-state index contributed by atoms with van der Waals surface area (Å²) in [5.74, 6) is -1.83. The molecule has 2 atom stereocenters. The first-order valence-electron chi connectivity index (χ1n) is 22.7. The van der Waals surface area contributed by atoms with Crippen LogP contribution >= 0.6 is 0 Å². The minimum Gasteiger partial charge on any atom is -0.544 e. The topological polar surface area (TPSA) is 102 Å². The molecule has 0 aliphatic carbocycles. The van der Waals surface area contributed by atoms with Crippen molar-refractivity contribution in [2.75, 3.05) is 41.0 Å². The SMILES string of the molecule is CC/C=C\C/C=C\C/C=C\C/C=C\CCC(=O)OC(COCCC(C(=O)[O-])[N+](C)(C)C)COC(=O)CCCCCCCCCCCCCCCCCCCCC. The summed E-state index contributed by atoms with van der Waals surface area (Å²) in [5.41, 5.74) is 0. The molecule has 0 aromatic heterocycles. The Balaban J connectivity index is 4.33. The van der Waals surface area contributed by atoms with Crippen molar-refractivity contribution in [3.05, 3.63) is 48.6 Å². The molecule has 0 aromatic rings. The highest BCUT2D eigenvalue weighted by atomic mass is 16.6. The van der Waals surface area contributed by atoms with Crippen molar-refractivity contribution >= 4 is 17.9 Å². The van der Waals surface area contributed by atoms with Gasteiger partial charge in [-0.15, -0.1) is 0 Å². The van der Waals surface area contributed by atoms with Crippen molar-refractivity contribution in [2.45, 2.75) is 199 Å². The van der Waals surface area contributed by atoms with Gasteiger partial charge in [0.05, 0.1) is 40.3 Å². The van der Waals surface area contributed by atoms with Crippen LogP contribution in [0.1, 0.15) is 187 Å². The summed E-state index contributed by atoms with van der Waals surface area (Å²) >= 11 is 0. The number of allylic oxidation sites excluding steroid dienone is 8. The number of carbonyl (C=O) groups is 3.